The second-order valence-electron chi connectivity index (χ2n) is 6.71. The number of benzene rings is 1. The van der Waals surface area contributed by atoms with Gasteiger partial charge in [-0.3, -0.25) is 4.98 Å². The van der Waals surface area contributed by atoms with Gasteiger partial charge in [0.25, 0.3) is 0 Å². The topological polar surface area (TPSA) is 50.9 Å². The largest absolute Gasteiger partial charge is 0.397 e. The highest BCUT2D eigenvalue weighted by Crippen LogP contribution is 2.37. The number of nitrogen functional groups attached to an aromatic ring is 1. The van der Waals surface area contributed by atoms with E-state index in [1.807, 2.05) is 12.3 Å². The van der Waals surface area contributed by atoms with E-state index >= 15 is 0 Å². The van der Waals surface area contributed by atoms with Gasteiger partial charge in [-0.15, -0.1) is 0 Å². The third-order valence-corrected chi connectivity index (χ3v) is 4.56. The van der Waals surface area contributed by atoms with Gasteiger partial charge in [0.2, 0.25) is 0 Å². The number of nitrogens with one attached hydrogen (secondary N) is 1. The van der Waals surface area contributed by atoms with Crippen LogP contribution in [0.2, 0.25) is 0 Å². The summed E-state index contributed by atoms with van der Waals surface area (Å²) in [7, 11) is 0. The second-order valence-corrected chi connectivity index (χ2v) is 6.71. The van der Waals surface area contributed by atoms with Crippen molar-refractivity contribution in [3.05, 3.63) is 30.6 Å². The van der Waals surface area contributed by atoms with Crippen molar-refractivity contribution in [3.63, 3.8) is 0 Å². The minimum atomic E-state index is 0.499. The first-order chi connectivity index (χ1) is 9.55. The van der Waals surface area contributed by atoms with E-state index in [0.29, 0.717) is 11.5 Å². The highest BCUT2D eigenvalue weighted by Gasteiger charge is 2.26. The first-order valence-corrected chi connectivity index (χ1v) is 7.44. The predicted octanol–water partition coefficient (Wildman–Crippen LogP) is 4.20. The number of nitrogens with zero attached hydrogens (tertiary/aromatic N) is 1. The number of anilines is 2. The van der Waals surface area contributed by atoms with Crippen molar-refractivity contribution in [1.29, 1.82) is 0 Å². The quantitative estimate of drug-likeness (QED) is 0.803. The van der Waals surface area contributed by atoms with Gasteiger partial charge in [-0.2, -0.15) is 0 Å². The van der Waals surface area contributed by atoms with E-state index in [-0.39, 0.29) is 0 Å². The van der Waals surface area contributed by atoms with Crippen LogP contribution >= 0.6 is 0 Å². The lowest BCUT2D eigenvalue weighted by Gasteiger charge is -2.35. The summed E-state index contributed by atoms with van der Waals surface area (Å²) in [4.78, 5) is 4.14. The maximum Gasteiger partial charge on any atom is 0.0630 e. The second kappa shape index (κ2) is 4.97. The van der Waals surface area contributed by atoms with E-state index in [1.54, 1.807) is 6.20 Å². The molecule has 0 amide bonds. The molecule has 1 aliphatic carbocycles. The Hall–Kier alpha value is -1.77. The zero-order valence-electron chi connectivity index (χ0n) is 12.3. The first-order valence-electron chi connectivity index (χ1n) is 7.44. The summed E-state index contributed by atoms with van der Waals surface area (Å²) < 4.78 is 0. The fourth-order valence-corrected chi connectivity index (χ4v) is 3.08. The highest BCUT2D eigenvalue weighted by molar-refractivity contribution is 5.98. The molecular weight excluding hydrogens is 246 g/mol. The minimum absolute atomic E-state index is 0.499. The number of hydrogen-bond donors (Lipinski definition) is 2. The molecule has 0 bridgehead atoms. The van der Waals surface area contributed by atoms with Crippen LogP contribution in [-0.4, -0.2) is 11.0 Å². The normalized spacial score (nSPS) is 19.1. The first kappa shape index (κ1) is 13.2. The number of hydrogen-bond acceptors (Lipinski definition) is 3. The van der Waals surface area contributed by atoms with E-state index in [1.165, 1.54) is 25.7 Å². The summed E-state index contributed by atoms with van der Waals surface area (Å²) in [5.41, 5.74) is 8.70. The standard InChI is InChI=1S/C17H23N3/c1-17(2)8-5-13(6-9-17)20-15-4-3-12-11-19-10-7-14(12)16(15)18/h3-4,7,10-11,13,20H,5-6,8-9,18H2,1-2H3. The Labute approximate surface area is 120 Å². The van der Waals surface area contributed by atoms with Crippen LogP contribution in [0.4, 0.5) is 11.4 Å². The van der Waals surface area contributed by atoms with Gasteiger partial charge in [0.05, 0.1) is 11.4 Å². The van der Waals surface area contributed by atoms with Crippen molar-refractivity contribution in [2.45, 2.75) is 45.6 Å². The molecule has 1 heterocycles. The molecule has 1 aliphatic rings. The van der Waals surface area contributed by atoms with E-state index in [2.05, 4.69) is 36.3 Å². The van der Waals surface area contributed by atoms with Gasteiger partial charge in [0, 0.05) is 29.2 Å². The lowest BCUT2D eigenvalue weighted by molar-refractivity contribution is 0.232. The molecule has 1 aromatic heterocycles. The van der Waals surface area contributed by atoms with E-state index in [4.69, 9.17) is 5.73 Å². The van der Waals surface area contributed by atoms with Crippen molar-refractivity contribution < 1.29 is 0 Å². The van der Waals surface area contributed by atoms with Crippen molar-refractivity contribution in [2.24, 2.45) is 5.41 Å². The Balaban J connectivity index is 1.80. The summed E-state index contributed by atoms with van der Waals surface area (Å²) >= 11 is 0. The zero-order chi connectivity index (χ0) is 14.2. The number of aromatic nitrogens is 1. The van der Waals surface area contributed by atoms with Gasteiger partial charge in [-0.25, -0.2) is 0 Å². The summed E-state index contributed by atoms with van der Waals surface area (Å²) in [5.74, 6) is 0. The molecule has 1 saturated carbocycles. The van der Waals surface area contributed by atoms with Gasteiger partial charge in [-0.1, -0.05) is 19.9 Å². The molecule has 20 heavy (non-hydrogen) atoms. The Kier molecular flexibility index (Phi) is 3.28. The molecule has 3 N–H and O–H groups in total. The maximum absolute atomic E-state index is 6.30. The Bertz CT molecular complexity index is 609. The molecule has 1 aromatic carbocycles. The fraction of sp³-hybridized carbons (Fsp3) is 0.471. The van der Waals surface area contributed by atoms with Crippen LogP contribution in [0.1, 0.15) is 39.5 Å². The van der Waals surface area contributed by atoms with Gasteiger partial charge < -0.3 is 11.1 Å². The smallest absolute Gasteiger partial charge is 0.0630 e. The van der Waals surface area contributed by atoms with Gasteiger partial charge in [0.1, 0.15) is 0 Å². The molecule has 106 valence electrons. The van der Waals surface area contributed by atoms with E-state index in [9.17, 15) is 0 Å². The van der Waals surface area contributed by atoms with Crippen LogP contribution in [0.5, 0.6) is 0 Å². The molecule has 3 nitrogen and oxygen atoms in total. The zero-order valence-corrected chi connectivity index (χ0v) is 12.3. The Morgan fingerprint density at radius 3 is 2.70 bits per heavy atom. The average Bonchev–Trinajstić information content (AvgIpc) is 2.44. The van der Waals surface area contributed by atoms with Crippen LogP contribution in [0, 0.1) is 5.41 Å². The summed E-state index contributed by atoms with van der Waals surface area (Å²) in [6.07, 6.45) is 8.66. The highest BCUT2D eigenvalue weighted by atomic mass is 14.9. The lowest BCUT2D eigenvalue weighted by atomic mass is 9.75. The van der Waals surface area contributed by atoms with Crippen LogP contribution in [0.15, 0.2) is 30.6 Å². The molecule has 0 spiro atoms. The predicted molar refractivity (Wildman–Crippen MR) is 85.8 cm³/mol. The summed E-state index contributed by atoms with van der Waals surface area (Å²) in [6, 6.07) is 6.71. The number of nitrogens with two attached hydrogens (primary N) is 1. The van der Waals surface area contributed by atoms with Crippen molar-refractivity contribution in [2.75, 3.05) is 11.1 Å². The van der Waals surface area contributed by atoms with Crippen molar-refractivity contribution in [1.82, 2.24) is 4.98 Å². The van der Waals surface area contributed by atoms with Gasteiger partial charge in [0.15, 0.2) is 0 Å². The molecule has 2 aromatic rings. The average molecular weight is 269 g/mol. The maximum atomic E-state index is 6.30. The molecule has 3 rings (SSSR count). The molecular formula is C17H23N3. The lowest BCUT2D eigenvalue weighted by Crippen LogP contribution is -2.30. The van der Waals surface area contributed by atoms with Gasteiger partial charge >= 0.3 is 0 Å². The van der Waals surface area contributed by atoms with E-state index in [0.717, 1.165) is 22.1 Å². The Morgan fingerprint density at radius 2 is 1.95 bits per heavy atom. The molecule has 0 unspecified atom stereocenters. The molecule has 3 heteroatoms. The van der Waals surface area contributed by atoms with Gasteiger partial charge in [-0.05, 0) is 43.2 Å². The van der Waals surface area contributed by atoms with Crippen molar-refractivity contribution >= 4 is 22.1 Å². The minimum Gasteiger partial charge on any atom is -0.397 e. The van der Waals surface area contributed by atoms with Crippen LogP contribution in [0.3, 0.4) is 0 Å². The molecule has 1 fully saturated rings. The van der Waals surface area contributed by atoms with Crippen LogP contribution in [0.25, 0.3) is 10.8 Å². The third-order valence-electron chi connectivity index (χ3n) is 4.56. The number of fused-ring (bicyclic) bond motifs is 1. The SMILES string of the molecule is CC1(C)CCC(Nc2ccc3cnccc3c2N)CC1. The molecule has 0 saturated heterocycles. The fourth-order valence-electron chi connectivity index (χ4n) is 3.08. The Morgan fingerprint density at radius 1 is 1.20 bits per heavy atom. The monoisotopic (exact) mass is 269 g/mol. The van der Waals surface area contributed by atoms with Crippen molar-refractivity contribution in [3.8, 4) is 0 Å². The molecule has 0 radical (unpaired) electrons. The summed E-state index contributed by atoms with van der Waals surface area (Å²) in [6.45, 7) is 4.72. The summed E-state index contributed by atoms with van der Waals surface area (Å²) in [5, 5.41) is 5.82. The van der Waals surface area contributed by atoms with Crippen LogP contribution < -0.4 is 11.1 Å². The van der Waals surface area contributed by atoms with Crippen LogP contribution in [-0.2, 0) is 0 Å². The molecule has 0 atom stereocenters. The number of rotatable bonds is 2. The third kappa shape index (κ3) is 2.58. The van der Waals surface area contributed by atoms with E-state index < -0.39 is 0 Å². The molecule has 0 aliphatic heterocycles. The number of pyridine rings is 1.